The van der Waals surface area contributed by atoms with Crippen molar-refractivity contribution in [1.29, 1.82) is 0 Å². The molecule has 3 aromatic heterocycles. The van der Waals surface area contributed by atoms with Gasteiger partial charge < -0.3 is 8.83 Å². The number of H-pyrrole nitrogens is 1. The van der Waals surface area contributed by atoms with Gasteiger partial charge in [0, 0.05) is 10.9 Å². The number of fused-ring (bicyclic) bond motifs is 1. The first kappa shape index (κ1) is 14.3. The Morgan fingerprint density at radius 1 is 1.17 bits per heavy atom. The minimum Gasteiger partial charge on any atom is -0.458 e. The van der Waals surface area contributed by atoms with Crippen LogP contribution in [-0.2, 0) is 0 Å². The molecule has 0 aliphatic rings. The monoisotopic (exact) mass is 318 g/mol. The van der Waals surface area contributed by atoms with Gasteiger partial charge in [0.1, 0.15) is 17.0 Å². The zero-order valence-corrected chi connectivity index (χ0v) is 12.9. The summed E-state index contributed by atoms with van der Waals surface area (Å²) in [6, 6.07) is 13.1. The molecule has 0 atom stereocenters. The Balaban J connectivity index is 1.65. The van der Waals surface area contributed by atoms with Crippen molar-refractivity contribution in [2.45, 2.75) is 6.92 Å². The summed E-state index contributed by atoms with van der Waals surface area (Å²) in [5.41, 5.74) is 2.30. The number of nitrogens with one attached hydrogen (secondary N) is 1. The molecular weight excluding hydrogens is 304 g/mol. The van der Waals surface area contributed by atoms with Gasteiger partial charge in [-0.2, -0.15) is 5.10 Å². The van der Waals surface area contributed by atoms with E-state index in [1.54, 1.807) is 31.3 Å². The topological polar surface area (TPSA) is 72.0 Å². The second-order valence-corrected chi connectivity index (χ2v) is 5.46. The van der Waals surface area contributed by atoms with Crippen molar-refractivity contribution in [1.82, 2.24) is 10.2 Å². The van der Waals surface area contributed by atoms with E-state index < -0.39 is 0 Å². The molecule has 0 saturated carbocycles. The maximum Gasteiger partial charge on any atom is 0.221 e. The van der Waals surface area contributed by atoms with E-state index in [2.05, 4.69) is 10.2 Å². The zero-order chi connectivity index (χ0) is 16.5. The van der Waals surface area contributed by atoms with E-state index in [1.165, 1.54) is 6.08 Å². The van der Waals surface area contributed by atoms with Crippen LogP contribution in [0.2, 0.25) is 0 Å². The fourth-order valence-corrected chi connectivity index (χ4v) is 2.54. The molecule has 0 radical (unpaired) electrons. The molecule has 5 heteroatoms. The summed E-state index contributed by atoms with van der Waals surface area (Å²) in [6.45, 7) is 1.80. The maximum absolute atomic E-state index is 12.1. The number of para-hydroxylation sites is 1. The lowest BCUT2D eigenvalue weighted by molar-refractivity contribution is 0.102. The van der Waals surface area contributed by atoms with E-state index in [-0.39, 0.29) is 5.78 Å². The van der Waals surface area contributed by atoms with Crippen LogP contribution in [0.1, 0.15) is 21.9 Å². The molecular formula is C19H14N2O3. The highest BCUT2D eigenvalue weighted by atomic mass is 16.3. The van der Waals surface area contributed by atoms with E-state index in [9.17, 15) is 4.79 Å². The molecule has 4 rings (SSSR count). The first-order valence-electron chi connectivity index (χ1n) is 7.52. The molecule has 0 aliphatic carbocycles. The molecule has 0 unspecified atom stereocenters. The van der Waals surface area contributed by atoms with Crippen LogP contribution in [0, 0.1) is 6.92 Å². The van der Waals surface area contributed by atoms with Gasteiger partial charge in [-0.15, -0.1) is 0 Å². The van der Waals surface area contributed by atoms with E-state index in [4.69, 9.17) is 8.83 Å². The second kappa shape index (κ2) is 5.70. The number of rotatable bonds is 4. The molecule has 3 heterocycles. The molecule has 0 bridgehead atoms. The molecule has 24 heavy (non-hydrogen) atoms. The summed E-state index contributed by atoms with van der Waals surface area (Å²) < 4.78 is 11.2. The summed E-state index contributed by atoms with van der Waals surface area (Å²) in [5.74, 6) is 1.50. The van der Waals surface area contributed by atoms with Gasteiger partial charge in [-0.05, 0) is 43.3 Å². The van der Waals surface area contributed by atoms with Crippen LogP contribution in [-0.4, -0.2) is 16.0 Å². The number of aryl methyl sites for hydroxylation is 1. The lowest BCUT2D eigenvalue weighted by Crippen LogP contribution is -1.90. The Morgan fingerprint density at radius 2 is 2.04 bits per heavy atom. The normalized spacial score (nSPS) is 11.5. The number of nitrogens with zero attached hydrogens (tertiary/aromatic N) is 1. The van der Waals surface area contributed by atoms with E-state index >= 15 is 0 Å². The van der Waals surface area contributed by atoms with Crippen LogP contribution >= 0.6 is 0 Å². The number of hydrogen-bond acceptors (Lipinski definition) is 4. The standard InChI is InChI=1S/C19H14N2O3/c1-12-6-9-17(23-12)15(22)8-7-14-11-20-21-19(14)18-10-13-4-2-3-5-16(13)24-18/h2-11H,1H3,(H,20,21)/b8-7+. The predicted molar refractivity (Wildman–Crippen MR) is 90.6 cm³/mol. The van der Waals surface area contributed by atoms with Crippen molar-refractivity contribution in [3.63, 3.8) is 0 Å². The molecule has 1 N–H and O–H groups in total. The van der Waals surface area contributed by atoms with Gasteiger partial charge in [-0.3, -0.25) is 9.89 Å². The van der Waals surface area contributed by atoms with Crippen LogP contribution in [0.3, 0.4) is 0 Å². The Bertz CT molecular complexity index is 1020. The van der Waals surface area contributed by atoms with E-state index in [0.29, 0.717) is 17.3 Å². The summed E-state index contributed by atoms with van der Waals surface area (Å²) >= 11 is 0. The highest BCUT2D eigenvalue weighted by Gasteiger charge is 2.12. The molecule has 0 aliphatic heterocycles. The fourth-order valence-electron chi connectivity index (χ4n) is 2.54. The number of hydrogen-bond donors (Lipinski definition) is 1. The molecule has 0 amide bonds. The Morgan fingerprint density at radius 3 is 2.83 bits per heavy atom. The Kier molecular flexibility index (Phi) is 3.39. The predicted octanol–water partition coefficient (Wildman–Crippen LogP) is 4.62. The third-order valence-corrected chi connectivity index (χ3v) is 3.74. The average Bonchev–Trinajstić information content (AvgIpc) is 3.30. The summed E-state index contributed by atoms with van der Waals surface area (Å²) in [4.78, 5) is 12.1. The number of ketones is 1. The Hall–Kier alpha value is -3.34. The van der Waals surface area contributed by atoms with Gasteiger partial charge in [-0.25, -0.2) is 0 Å². The summed E-state index contributed by atoms with van der Waals surface area (Å²) in [5, 5.41) is 7.99. The zero-order valence-electron chi connectivity index (χ0n) is 12.9. The van der Waals surface area contributed by atoms with Crippen LogP contribution in [0.15, 0.2) is 63.6 Å². The van der Waals surface area contributed by atoms with Gasteiger partial charge >= 0.3 is 0 Å². The smallest absolute Gasteiger partial charge is 0.221 e. The highest BCUT2D eigenvalue weighted by Crippen LogP contribution is 2.29. The number of aromatic nitrogens is 2. The number of allylic oxidation sites excluding steroid dienone is 1. The van der Waals surface area contributed by atoms with Crippen LogP contribution in [0.4, 0.5) is 0 Å². The number of aromatic amines is 1. The molecule has 0 spiro atoms. The molecule has 1 aromatic carbocycles. The van der Waals surface area contributed by atoms with Crippen LogP contribution in [0.5, 0.6) is 0 Å². The summed E-state index contributed by atoms with van der Waals surface area (Å²) in [6.07, 6.45) is 4.82. The average molecular weight is 318 g/mol. The fraction of sp³-hybridized carbons (Fsp3) is 0.0526. The van der Waals surface area contributed by atoms with E-state index in [0.717, 1.165) is 22.2 Å². The molecule has 118 valence electrons. The first-order chi connectivity index (χ1) is 11.7. The molecule has 4 aromatic rings. The Labute approximate surface area is 137 Å². The lowest BCUT2D eigenvalue weighted by Gasteiger charge is -1.94. The third kappa shape index (κ3) is 2.56. The maximum atomic E-state index is 12.1. The SMILES string of the molecule is Cc1ccc(C(=O)/C=C/c2cn[nH]c2-c2cc3ccccc3o2)o1. The van der Waals surface area contributed by atoms with Crippen LogP contribution < -0.4 is 0 Å². The molecule has 5 nitrogen and oxygen atoms in total. The van der Waals surface area contributed by atoms with Gasteiger partial charge in [0.25, 0.3) is 0 Å². The second-order valence-electron chi connectivity index (χ2n) is 5.46. The molecule has 0 fully saturated rings. The number of carbonyl (C=O) groups excluding carboxylic acids is 1. The number of carbonyl (C=O) groups is 1. The van der Waals surface area contributed by atoms with E-state index in [1.807, 2.05) is 30.3 Å². The molecule has 0 saturated heterocycles. The van der Waals surface area contributed by atoms with Crippen molar-refractivity contribution in [2.24, 2.45) is 0 Å². The third-order valence-electron chi connectivity index (χ3n) is 3.74. The van der Waals surface area contributed by atoms with Gasteiger partial charge in [0.2, 0.25) is 5.78 Å². The number of furan rings is 2. The van der Waals surface area contributed by atoms with Crippen molar-refractivity contribution < 1.29 is 13.6 Å². The minimum absolute atomic E-state index is 0.195. The van der Waals surface area contributed by atoms with Gasteiger partial charge in [0.05, 0.1) is 6.20 Å². The highest BCUT2D eigenvalue weighted by molar-refractivity contribution is 6.05. The van der Waals surface area contributed by atoms with Crippen molar-refractivity contribution in [2.75, 3.05) is 0 Å². The van der Waals surface area contributed by atoms with Crippen LogP contribution in [0.25, 0.3) is 28.5 Å². The lowest BCUT2D eigenvalue weighted by atomic mass is 10.1. The minimum atomic E-state index is -0.195. The summed E-state index contributed by atoms with van der Waals surface area (Å²) in [7, 11) is 0. The largest absolute Gasteiger partial charge is 0.458 e. The van der Waals surface area contributed by atoms with Crippen molar-refractivity contribution in [3.05, 3.63) is 71.8 Å². The van der Waals surface area contributed by atoms with Crippen molar-refractivity contribution >= 4 is 22.8 Å². The van der Waals surface area contributed by atoms with Gasteiger partial charge in [0.15, 0.2) is 11.5 Å². The van der Waals surface area contributed by atoms with Gasteiger partial charge in [-0.1, -0.05) is 18.2 Å². The quantitative estimate of drug-likeness (QED) is 0.440. The first-order valence-corrected chi connectivity index (χ1v) is 7.52. The number of benzene rings is 1. The van der Waals surface area contributed by atoms with Crippen molar-refractivity contribution in [3.8, 4) is 11.5 Å².